The molecular weight excluding hydrogens is 481 g/mol. The summed E-state index contributed by atoms with van der Waals surface area (Å²) < 4.78 is 36.1. The van der Waals surface area contributed by atoms with Crippen LogP contribution in [0.5, 0.6) is 0 Å². The van der Waals surface area contributed by atoms with E-state index in [0.717, 1.165) is 12.1 Å². The highest BCUT2D eigenvalue weighted by Gasteiger charge is 2.70. The van der Waals surface area contributed by atoms with Gasteiger partial charge in [-0.05, 0) is 55.5 Å². The number of hydrogen-bond donors (Lipinski definition) is 0. The number of esters is 1. The van der Waals surface area contributed by atoms with E-state index in [1.54, 1.807) is 38.1 Å². The van der Waals surface area contributed by atoms with Crippen molar-refractivity contribution in [1.29, 1.82) is 5.26 Å². The molecule has 4 atom stereocenters. The molecule has 0 radical (unpaired) electrons. The molecule has 8 heteroatoms. The van der Waals surface area contributed by atoms with Gasteiger partial charge in [0.25, 0.3) is 0 Å². The van der Waals surface area contributed by atoms with Crippen LogP contribution in [0, 0.1) is 28.4 Å². The number of nitrogens with zero attached hydrogens (tertiary/aromatic N) is 2. The van der Waals surface area contributed by atoms with Crippen LogP contribution in [0.3, 0.4) is 0 Å². The van der Waals surface area contributed by atoms with Crippen molar-refractivity contribution in [2.45, 2.75) is 70.2 Å². The summed E-state index contributed by atoms with van der Waals surface area (Å²) in [5.74, 6) is -3.01. The van der Waals surface area contributed by atoms with Gasteiger partial charge < -0.3 is 4.74 Å². The van der Waals surface area contributed by atoms with E-state index < -0.39 is 46.7 Å². The van der Waals surface area contributed by atoms with E-state index >= 15 is 4.39 Å². The molecule has 0 unspecified atom stereocenters. The SMILES string of the molecule is CC(C)(C)C[C@@H]1N2[C@@H](C(=O)OC2(C)C)[C@H](c2cccc(Cl)c2)[C@@]1(C#N)c1cc(F)c(Cl)cc1F. The summed E-state index contributed by atoms with van der Waals surface area (Å²) in [6.07, 6.45) is 0.415. The van der Waals surface area contributed by atoms with Gasteiger partial charge in [0.05, 0.1) is 11.1 Å². The van der Waals surface area contributed by atoms with E-state index in [4.69, 9.17) is 27.9 Å². The van der Waals surface area contributed by atoms with Crippen molar-refractivity contribution in [3.63, 3.8) is 0 Å². The fraction of sp³-hybridized carbons (Fsp3) is 0.462. The zero-order valence-electron chi connectivity index (χ0n) is 19.6. The molecule has 4 rings (SSSR count). The highest BCUT2D eigenvalue weighted by Crippen LogP contribution is 2.60. The van der Waals surface area contributed by atoms with Crippen molar-refractivity contribution >= 4 is 29.2 Å². The van der Waals surface area contributed by atoms with E-state index in [1.165, 1.54) is 0 Å². The lowest BCUT2D eigenvalue weighted by atomic mass is 9.62. The van der Waals surface area contributed by atoms with Gasteiger partial charge in [-0.1, -0.05) is 56.1 Å². The lowest BCUT2D eigenvalue weighted by molar-refractivity contribution is -0.152. The van der Waals surface area contributed by atoms with Crippen LogP contribution < -0.4 is 0 Å². The number of carbonyl (C=O) groups excluding carboxylic acids is 1. The predicted octanol–water partition coefficient (Wildman–Crippen LogP) is 6.60. The van der Waals surface area contributed by atoms with Gasteiger partial charge in [-0.15, -0.1) is 0 Å². The molecule has 180 valence electrons. The highest BCUT2D eigenvalue weighted by atomic mass is 35.5. The number of hydrogen-bond acceptors (Lipinski definition) is 4. The maximum Gasteiger partial charge on any atom is 0.325 e. The average Bonchev–Trinajstić information content (AvgIpc) is 3.13. The Bertz CT molecular complexity index is 1200. The summed E-state index contributed by atoms with van der Waals surface area (Å²) in [6, 6.07) is 9.49. The van der Waals surface area contributed by atoms with Crippen molar-refractivity contribution in [3.05, 3.63) is 69.2 Å². The minimum Gasteiger partial charge on any atom is -0.443 e. The molecule has 0 N–H and O–H groups in total. The smallest absolute Gasteiger partial charge is 0.325 e. The van der Waals surface area contributed by atoms with Crippen molar-refractivity contribution in [1.82, 2.24) is 4.90 Å². The molecule has 0 amide bonds. The Morgan fingerprint density at radius 2 is 1.82 bits per heavy atom. The third-order valence-electron chi connectivity index (χ3n) is 6.84. The van der Waals surface area contributed by atoms with Crippen molar-refractivity contribution in [3.8, 4) is 6.07 Å². The summed E-state index contributed by atoms with van der Waals surface area (Å²) in [7, 11) is 0. The second-order valence-corrected chi connectivity index (χ2v) is 11.6. The molecule has 2 fully saturated rings. The Morgan fingerprint density at radius 3 is 2.41 bits per heavy atom. The van der Waals surface area contributed by atoms with Gasteiger partial charge in [0.15, 0.2) is 5.72 Å². The molecule has 2 aliphatic rings. The number of ether oxygens (including phenoxy) is 1. The molecule has 0 aliphatic carbocycles. The molecule has 0 bridgehead atoms. The van der Waals surface area contributed by atoms with Gasteiger partial charge in [0.2, 0.25) is 0 Å². The maximum atomic E-state index is 15.6. The standard InChI is InChI=1S/C26H26Cl2F2N2O2/c1-24(2,3)12-20-26(13-31,16-10-19(30)17(28)11-18(16)29)21(14-7-6-8-15(27)9-14)22-23(33)34-25(4,5)32(20)22/h6-11,20-22H,12H2,1-5H3/t20-,21-,22+,26-/m0/s1. The quantitative estimate of drug-likeness (QED) is 0.347. The van der Waals surface area contributed by atoms with Crippen LogP contribution in [0.4, 0.5) is 8.78 Å². The monoisotopic (exact) mass is 506 g/mol. The van der Waals surface area contributed by atoms with Crippen molar-refractivity contribution in [2.75, 3.05) is 0 Å². The lowest BCUT2D eigenvalue weighted by Gasteiger charge is -2.42. The van der Waals surface area contributed by atoms with E-state index in [-0.39, 0.29) is 16.0 Å². The highest BCUT2D eigenvalue weighted by molar-refractivity contribution is 6.31. The number of nitriles is 1. The van der Waals surface area contributed by atoms with E-state index in [0.29, 0.717) is 17.0 Å². The fourth-order valence-electron chi connectivity index (χ4n) is 5.72. The second kappa shape index (κ2) is 8.19. The normalized spacial score (nSPS) is 28.5. The van der Waals surface area contributed by atoms with Gasteiger partial charge in [-0.25, -0.2) is 13.7 Å². The third kappa shape index (κ3) is 3.79. The first-order valence-electron chi connectivity index (χ1n) is 11.1. The van der Waals surface area contributed by atoms with Gasteiger partial charge in [-0.3, -0.25) is 4.79 Å². The van der Waals surface area contributed by atoms with Crippen molar-refractivity contribution < 1.29 is 18.3 Å². The Morgan fingerprint density at radius 1 is 1.15 bits per heavy atom. The zero-order chi connectivity index (χ0) is 25.2. The Kier molecular flexibility index (Phi) is 6.00. The average molecular weight is 507 g/mol. The molecule has 2 heterocycles. The number of cyclic esters (lactones) is 1. The first kappa shape index (κ1) is 24.9. The minimum atomic E-state index is -1.63. The van der Waals surface area contributed by atoms with Crippen LogP contribution in [0.25, 0.3) is 0 Å². The Labute approximate surface area is 208 Å². The molecule has 0 spiro atoms. The summed E-state index contributed by atoms with van der Waals surface area (Å²) in [4.78, 5) is 15.2. The largest absolute Gasteiger partial charge is 0.443 e. The van der Waals surface area contributed by atoms with E-state index in [2.05, 4.69) is 6.07 Å². The van der Waals surface area contributed by atoms with E-state index in [1.807, 2.05) is 25.7 Å². The number of fused-ring (bicyclic) bond motifs is 1. The number of carbonyl (C=O) groups is 1. The first-order valence-corrected chi connectivity index (χ1v) is 11.8. The van der Waals surface area contributed by atoms with E-state index in [9.17, 15) is 14.4 Å². The predicted molar refractivity (Wildman–Crippen MR) is 127 cm³/mol. The van der Waals surface area contributed by atoms with Gasteiger partial charge >= 0.3 is 5.97 Å². The molecular formula is C26H26Cl2F2N2O2. The maximum absolute atomic E-state index is 15.6. The van der Waals surface area contributed by atoms with Crippen LogP contribution in [0.1, 0.15) is 58.1 Å². The Balaban J connectivity index is 2.11. The number of halogens is 4. The number of rotatable bonds is 3. The summed E-state index contributed by atoms with van der Waals surface area (Å²) in [5.41, 5.74) is -2.56. The molecule has 2 saturated heterocycles. The summed E-state index contributed by atoms with van der Waals surface area (Å²) >= 11 is 12.2. The Hall–Kier alpha value is -2.20. The number of benzene rings is 2. The molecule has 2 aromatic rings. The fourth-order valence-corrected chi connectivity index (χ4v) is 6.07. The molecule has 0 saturated carbocycles. The first-order chi connectivity index (χ1) is 15.7. The second-order valence-electron chi connectivity index (χ2n) is 10.8. The molecule has 34 heavy (non-hydrogen) atoms. The molecule has 2 aliphatic heterocycles. The van der Waals surface area contributed by atoms with Crippen molar-refractivity contribution in [2.24, 2.45) is 5.41 Å². The minimum absolute atomic E-state index is 0.130. The van der Waals surface area contributed by atoms with Gasteiger partial charge in [0, 0.05) is 22.5 Å². The summed E-state index contributed by atoms with van der Waals surface area (Å²) in [6.45, 7) is 9.51. The van der Waals surface area contributed by atoms with Gasteiger partial charge in [0.1, 0.15) is 23.1 Å². The van der Waals surface area contributed by atoms with Crippen LogP contribution in [-0.4, -0.2) is 28.7 Å². The van der Waals surface area contributed by atoms with Gasteiger partial charge in [-0.2, -0.15) is 5.26 Å². The van der Waals surface area contributed by atoms with Crippen LogP contribution in [0.2, 0.25) is 10.0 Å². The molecule has 2 aromatic carbocycles. The zero-order valence-corrected chi connectivity index (χ0v) is 21.1. The van der Waals surface area contributed by atoms with Crippen LogP contribution in [-0.2, 0) is 14.9 Å². The lowest BCUT2D eigenvalue weighted by Crippen LogP contribution is -2.52. The molecule has 4 nitrogen and oxygen atoms in total. The third-order valence-corrected chi connectivity index (χ3v) is 7.36. The van der Waals surface area contributed by atoms with Crippen LogP contribution in [0.15, 0.2) is 36.4 Å². The molecule has 0 aromatic heterocycles. The van der Waals surface area contributed by atoms with Crippen LogP contribution >= 0.6 is 23.2 Å². The summed E-state index contributed by atoms with van der Waals surface area (Å²) in [5, 5.41) is 10.9. The topological polar surface area (TPSA) is 53.3 Å².